The van der Waals surface area contributed by atoms with E-state index in [4.69, 9.17) is 44.6 Å². The fourth-order valence-electron chi connectivity index (χ4n) is 10.2. The highest BCUT2D eigenvalue weighted by Crippen LogP contribution is 2.39. The normalized spacial score (nSPS) is 16.4. The minimum atomic E-state index is -3.64. The molecule has 3 N–H and O–H groups in total. The number of sulfonamides is 1. The summed E-state index contributed by atoms with van der Waals surface area (Å²) < 4.78 is 50.1. The van der Waals surface area contributed by atoms with Crippen molar-refractivity contribution in [2.75, 3.05) is 7.11 Å². The average Bonchev–Trinajstić information content (AvgIpc) is 3.73. The molecule has 0 spiro atoms. The summed E-state index contributed by atoms with van der Waals surface area (Å²) in [6, 6.07) is 34.3. The summed E-state index contributed by atoms with van der Waals surface area (Å²) in [7, 11) is -0.435. The van der Waals surface area contributed by atoms with E-state index in [-0.39, 0.29) is 41.6 Å². The van der Waals surface area contributed by atoms with E-state index >= 15 is 0 Å². The highest BCUT2D eigenvalue weighted by Gasteiger charge is 2.33. The van der Waals surface area contributed by atoms with Crippen LogP contribution < -0.4 is 10.0 Å². The molecule has 2 unspecified atom stereocenters. The highest BCUT2D eigenvalue weighted by molar-refractivity contribution is 7.92. The number of esters is 1. The van der Waals surface area contributed by atoms with Gasteiger partial charge in [0, 0.05) is 63.6 Å². The van der Waals surface area contributed by atoms with Crippen LogP contribution in [0.3, 0.4) is 0 Å². The Labute approximate surface area is 452 Å². The molecule has 392 valence electrons. The number of hydrogen-bond acceptors (Lipinski definition) is 8. The number of amides is 1. The molecule has 2 aliphatic carbocycles. The molecule has 2 aliphatic rings. The standard InChI is InChI=1S/C32H30Cl3N3O4.C26H30FN3O2S/c1-42-32(41)27(17-19-9-12-24(39)13-10-19)36-31(40)29-25-8-3-2-6-21(15-20-5-4-7-22(33)16-20)30(25)38(37-29)28-14-11-23(34)18-26(28)35;1-19(21-8-4-3-5-9-21)29-33(31,32)17-16-25-24-11-7-6-10-22(26(24)30(2)28-25)18-20-12-14-23(27)15-13-20/h4-5,7,9-14,16,18,21,27,39H,2-3,6,8,15,17H2,1H3,(H,36,40);3-5,8-9,12-17,19,22,29H,6-7,10-11,18H2,1-2H3/b;17-16+/t21?,27-;19-,22?/m10/s1. The zero-order valence-corrected chi connectivity index (χ0v) is 45.1. The van der Waals surface area contributed by atoms with Crippen molar-refractivity contribution < 1.29 is 32.2 Å². The van der Waals surface area contributed by atoms with Crippen molar-refractivity contribution in [3.63, 3.8) is 0 Å². The van der Waals surface area contributed by atoms with Gasteiger partial charge in [-0.05, 0) is 141 Å². The quantitative estimate of drug-likeness (QED) is 0.0676. The molecule has 0 saturated heterocycles. The van der Waals surface area contributed by atoms with Crippen LogP contribution in [-0.2, 0) is 58.7 Å². The van der Waals surface area contributed by atoms with Crippen molar-refractivity contribution in [3.8, 4) is 11.4 Å². The Morgan fingerprint density at radius 2 is 1.44 bits per heavy atom. The van der Waals surface area contributed by atoms with E-state index in [1.165, 1.54) is 36.8 Å². The monoisotopic (exact) mass is 1090 g/mol. The highest BCUT2D eigenvalue weighted by atomic mass is 35.5. The van der Waals surface area contributed by atoms with Crippen LogP contribution in [0.2, 0.25) is 15.1 Å². The zero-order valence-electron chi connectivity index (χ0n) is 42.0. The van der Waals surface area contributed by atoms with Gasteiger partial charge >= 0.3 is 5.97 Å². The van der Waals surface area contributed by atoms with E-state index in [9.17, 15) is 27.5 Å². The van der Waals surface area contributed by atoms with Crippen molar-refractivity contribution in [1.29, 1.82) is 0 Å². The van der Waals surface area contributed by atoms with Gasteiger partial charge in [-0.25, -0.2) is 27.0 Å². The summed E-state index contributed by atoms with van der Waals surface area (Å²) in [6.45, 7) is 1.83. The van der Waals surface area contributed by atoms with Gasteiger partial charge in [0.15, 0.2) is 5.69 Å². The molecule has 9 rings (SSSR count). The maximum atomic E-state index is 13.9. The Morgan fingerprint density at radius 1 is 0.787 bits per heavy atom. The lowest BCUT2D eigenvalue weighted by Crippen LogP contribution is -2.43. The van der Waals surface area contributed by atoms with Crippen molar-refractivity contribution in [1.82, 2.24) is 29.6 Å². The lowest BCUT2D eigenvalue weighted by molar-refractivity contribution is -0.142. The van der Waals surface area contributed by atoms with Gasteiger partial charge in [0.05, 0.1) is 29.2 Å². The lowest BCUT2D eigenvalue weighted by atomic mass is 9.91. The Bertz CT molecular complexity index is 3260. The fraction of sp³-hybridized carbons (Fsp3) is 0.310. The first kappa shape index (κ1) is 55.0. The van der Waals surface area contributed by atoms with Gasteiger partial charge in [0.25, 0.3) is 5.91 Å². The molecule has 0 fully saturated rings. The number of ether oxygens (including phenoxy) is 1. The van der Waals surface area contributed by atoms with Crippen molar-refractivity contribution in [2.24, 2.45) is 7.05 Å². The predicted octanol–water partition coefficient (Wildman–Crippen LogP) is 12.4. The number of benzene rings is 5. The van der Waals surface area contributed by atoms with Crippen LogP contribution in [0, 0.1) is 5.82 Å². The maximum absolute atomic E-state index is 13.9. The third kappa shape index (κ3) is 14.2. The molecule has 2 heterocycles. The molecule has 0 saturated carbocycles. The van der Waals surface area contributed by atoms with E-state index in [2.05, 4.69) is 15.1 Å². The van der Waals surface area contributed by atoms with E-state index in [1.54, 1.807) is 41.1 Å². The number of rotatable bonds is 15. The van der Waals surface area contributed by atoms with Gasteiger partial charge in [0.2, 0.25) is 10.0 Å². The SMILES string of the molecule is COC(=O)[C@@H](Cc1ccc(O)cc1)NC(=O)c1nn(-c2ccc(Cl)cc2Cl)c2c1CCCCC2Cc1cccc(Cl)c1.C[C@H](NS(=O)(=O)/C=C/c1nn(C)c2c1CCCCC2Cc1ccc(F)cc1)c1ccccc1. The van der Waals surface area contributed by atoms with Crippen LogP contribution >= 0.6 is 34.8 Å². The molecule has 75 heavy (non-hydrogen) atoms. The number of hydrogen-bond donors (Lipinski definition) is 3. The molecule has 1 amide bonds. The largest absolute Gasteiger partial charge is 0.508 e. The van der Waals surface area contributed by atoms with E-state index < -0.39 is 27.9 Å². The predicted molar refractivity (Wildman–Crippen MR) is 294 cm³/mol. The Kier molecular flexibility index (Phi) is 18.3. The fourth-order valence-corrected chi connectivity index (χ4v) is 12.0. The molecule has 5 aromatic carbocycles. The van der Waals surface area contributed by atoms with Gasteiger partial charge in [-0.2, -0.15) is 10.2 Å². The van der Waals surface area contributed by atoms with Crippen LogP contribution in [0.4, 0.5) is 4.39 Å². The van der Waals surface area contributed by atoms with E-state index in [1.807, 2.05) is 85.4 Å². The Morgan fingerprint density at radius 3 is 2.12 bits per heavy atom. The summed E-state index contributed by atoms with van der Waals surface area (Å²) in [6.07, 6.45) is 10.7. The van der Waals surface area contributed by atoms with Crippen LogP contribution in [0.1, 0.15) is 124 Å². The van der Waals surface area contributed by atoms with Gasteiger partial charge in [-0.3, -0.25) is 9.48 Å². The van der Waals surface area contributed by atoms with Gasteiger partial charge in [0.1, 0.15) is 17.6 Å². The first-order valence-electron chi connectivity index (χ1n) is 25.1. The van der Waals surface area contributed by atoms with Gasteiger partial charge in [-0.1, -0.05) is 114 Å². The van der Waals surface area contributed by atoms with Gasteiger partial charge in [-0.15, -0.1) is 0 Å². The van der Waals surface area contributed by atoms with Crippen LogP contribution in [-0.4, -0.2) is 58.1 Å². The number of carbonyl (C=O) groups excluding carboxylic acids is 2. The average molecular weight is 1090 g/mol. The molecule has 0 radical (unpaired) electrons. The second kappa shape index (κ2) is 25.0. The summed E-state index contributed by atoms with van der Waals surface area (Å²) in [5.41, 5.74) is 9.41. The number of carbonyl (C=O) groups is 2. The van der Waals surface area contributed by atoms with Crippen LogP contribution in [0.5, 0.6) is 5.75 Å². The topological polar surface area (TPSA) is 157 Å². The lowest BCUT2D eigenvalue weighted by Gasteiger charge is -2.19. The summed E-state index contributed by atoms with van der Waals surface area (Å²) in [5, 5.41) is 24.8. The minimum absolute atomic E-state index is 0.0372. The number of aromatic nitrogens is 4. The van der Waals surface area contributed by atoms with E-state index in [0.29, 0.717) is 39.3 Å². The Hall–Kier alpha value is -6.29. The Balaban J connectivity index is 0.000000205. The minimum Gasteiger partial charge on any atom is -0.508 e. The summed E-state index contributed by atoms with van der Waals surface area (Å²) in [4.78, 5) is 26.6. The summed E-state index contributed by atoms with van der Waals surface area (Å²) in [5.74, 6) is -0.881. The van der Waals surface area contributed by atoms with Crippen LogP contribution in [0.15, 0.2) is 127 Å². The number of aryl methyl sites for hydroxylation is 1. The second-order valence-electron chi connectivity index (χ2n) is 19.2. The van der Waals surface area contributed by atoms with Crippen LogP contribution in [0.25, 0.3) is 11.8 Å². The molecule has 4 atom stereocenters. The van der Waals surface area contributed by atoms with E-state index in [0.717, 1.165) is 96.1 Å². The smallest absolute Gasteiger partial charge is 0.328 e. The molecule has 0 bridgehead atoms. The number of methoxy groups -OCH3 is 1. The third-order valence-corrected chi connectivity index (χ3v) is 15.8. The number of nitrogens with one attached hydrogen (secondary N) is 2. The molecule has 0 aliphatic heterocycles. The number of nitrogens with zero attached hydrogens (tertiary/aromatic N) is 4. The molecule has 2 aromatic heterocycles. The first-order valence-corrected chi connectivity index (χ1v) is 27.8. The molecule has 7 aromatic rings. The third-order valence-electron chi connectivity index (χ3n) is 13.8. The number of phenolic OH excluding ortho intramolecular Hbond substituents is 1. The number of fused-ring (bicyclic) bond motifs is 2. The van der Waals surface area contributed by atoms with Crippen molar-refractivity contribution in [3.05, 3.63) is 204 Å². The number of halogens is 4. The molecular formula is C58H60Cl3FN6O6S. The first-order chi connectivity index (χ1) is 36.0. The molecule has 12 nitrogen and oxygen atoms in total. The number of aromatic hydroxyl groups is 1. The van der Waals surface area contributed by atoms with Crippen molar-refractivity contribution >= 4 is 62.8 Å². The maximum Gasteiger partial charge on any atom is 0.328 e. The van der Waals surface area contributed by atoms with Crippen molar-refractivity contribution in [2.45, 2.75) is 101 Å². The second-order valence-corrected chi connectivity index (χ2v) is 22.0. The number of phenols is 1. The molecular weight excluding hydrogens is 1030 g/mol. The van der Waals surface area contributed by atoms with Gasteiger partial charge < -0.3 is 15.2 Å². The zero-order chi connectivity index (χ0) is 53.2. The summed E-state index contributed by atoms with van der Waals surface area (Å²) >= 11 is 19.2. The molecule has 17 heteroatoms.